The molecule has 3 aromatic rings. The maximum Gasteiger partial charge on any atom is 0.248 e. The molecule has 1 fully saturated rings. The summed E-state index contributed by atoms with van der Waals surface area (Å²) in [6.45, 7) is 1.60. The van der Waals surface area contributed by atoms with Gasteiger partial charge in [-0.2, -0.15) is 5.01 Å². The van der Waals surface area contributed by atoms with Gasteiger partial charge in [0, 0.05) is 30.5 Å². The van der Waals surface area contributed by atoms with Crippen LogP contribution in [0.4, 0.5) is 21.6 Å². The van der Waals surface area contributed by atoms with Gasteiger partial charge < -0.3 is 19.7 Å². The van der Waals surface area contributed by atoms with Gasteiger partial charge >= 0.3 is 0 Å². The second-order valence-electron chi connectivity index (χ2n) is 8.31. The van der Waals surface area contributed by atoms with Gasteiger partial charge in [-0.25, -0.2) is 14.4 Å². The van der Waals surface area contributed by atoms with E-state index in [-0.39, 0.29) is 28.5 Å². The molecule has 0 aliphatic carbocycles. The Labute approximate surface area is 211 Å². The largest absolute Gasteiger partial charge is 0.486 e. The summed E-state index contributed by atoms with van der Waals surface area (Å²) in [5.74, 6) is -0.485. The summed E-state index contributed by atoms with van der Waals surface area (Å²) < 4.78 is 25.2. The molecule has 0 radical (unpaired) electrons. The van der Waals surface area contributed by atoms with Gasteiger partial charge in [0.05, 0.1) is 40.4 Å². The Morgan fingerprint density at radius 2 is 2.17 bits per heavy atom. The first-order chi connectivity index (χ1) is 17.4. The summed E-state index contributed by atoms with van der Waals surface area (Å²) in [4.78, 5) is 34.9. The van der Waals surface area contributed by atoms with Crippen molar-refractivity contribution in [3.05, 3.63) is 64.6 Å². The zero-order chi connectivity index (χ0) is 25.7. The van der Waals surface area contributed by atoms with Crippen LogP contribution < -0.4 is 15.1 Å². The summed E-state index contributed by atoms with van der Waals surface area (Å²) in [6, 6.07) is 7.00. The van der Waals surface area contributed by atoms with Gasteiger partial charge in [0.25, 0.3) is 0 Å². The molecular weight excluding hydrogens is 491 g/mol. The number of benzene rings is 2. The molecule has 0 saturated carbocycles. The van der Waals surface area contributed by atoms with Gasteiger partial charge in [-0.05, 0) is 38.4 Å². The monoisotopic (exact) mass is 514 g/mol. The molecule has 1 N–H and O–H groups in total. The molecule has 0 unspecified atom stereocenters. The molecule has 1 aliphatic heterocycles. The van der Waals surface area contributed by atoms with Crippen molar-refractivity contribution < 1.29 is 18.7 Å². The minimum absolute atomic E-state index is 0.118. The van der Waals surface area contributed by atoms with E-state index in [1.165, 1.54) is 24.5 Å². The number of halogens is 2. The van der Waals surface area contributed by atoms with Crippen LogP contribution in [0.3, 0.4) is 0 Å². The van der Waals surface area contributed by atoms with Crippen molar-refractivity contribution in [3.63, 3.8) is 0 Å². The van der Waals surface area contributed by atoms with Crippen LogP contribution in [0.25, 0.3) is 10.9 Å². The molecule has 2 aromatic carbocycles. The van der Waals surface area contributed by atoms with Gasteiger partial charge in [-0.3, -0.25) is 4.79 Å². The van der Waals surface area contributed by atoms with Crippen LogP contribution in [-0.2, 0) is 9.53 Å². The molecule has 0 spiro atoms. The standard InChI is InChI=1S/C24H24ClFN6O4/c1-31(2)8-3-4-23(33)29-21-11-17-20(12-22(21)36-16-7-9-35-13-16)27-14-28-24(17)32(30-34)15-5-6-19(26)18(25)10-15/h3-6,10-12,14,16H,7-9,13H2,1-2H3,(H,29,33)/b4-3+/t16-/m0/s1. The number of hydrogen-bond donors (Lipinski definition) is 1. The number of nitrogens with one attached hydrogen (secondary N) is 1. The summed E-state index contributed by atoms with van der Waals surface area (Å²) in [6.07, 6.45) is 4.95. The number of fused-ring (bicyclic) bond motifs is 1. The molecule has 0 bridgehead atoms. The molecule has 4 rings (SSSR count). The SMILES string of the molecule is CN(C)C/C=C/C(=O)Nc1cc2c(N(N=O)c3ccc(F)c(Cl)c3)ncnc2cc1O[C@H]1CCOC1. The third-order valence-corrected chi connectivity index (χ3v) is 5.61. The lowest BCUT2D eigenvalue weighted by Gasteiger charge is -2.19. The van der Waals surface area contributed by atoms with Crippen LogP contribution in [0.15, 0.2) is 54.1 Å². The Hall–Kier alpha value is -3.67. The Kier molecular flexibility index (Phi) is 8.04. The summed E-state index contributed by atoms with van der Waals surface area (Å²) >= 11 is 5.90. The fraction of sp³-hybridized carbons (Fsp3) is 0.292. The molecule has 188 valence electrons. The lowest BCUT2D eigenvalue weighted by atomic mass is 10.1. The van der Waals surface area contributed by atoms with Crippen LogP contribution in [0, 0.1) is 10.7 Å². The first-order valence-electron chi connectivity index (χ1n) is 11.1. The van der Waals surface area contributed by atoms with E-state index in [1.807, 2.05) is 19.0 Å². The van der Waals surface area contributed by atoms with Crippen molar-refractivity contribution in [1.82, 2.24) is 14.9 Å². The number of likely N-dealkylation sites (N-methyl/N-ethyl adjacent to an activating group) is 1. The summed E-state index contributed by atoms with van der Waals surface area (Å²) in [7, 11) is 3.79. The first-order valence-corrected chi connectivity index (χ1v) is 11.5. The van der Waals surface area contributed by atoms with E-state index < -0.39 is 5.82 Å². The van der Waals surface area contributed by atoms with E-state index in [4.69, 9.17) is 21.1 Å². The number of nitroso groups, excluding NO2 is 1. The number of anilines is 3. The predicted octanol–water partition coefficient (Wildman–Crippen LogP) is 4.47. The molecule has 2 heterocycles. The second kappa shape index (κ2) is 11.4. The number of carbonyl (C=O) groups is 1. The Morgan fingerprint density at radius 1 is 1.33 bits per heavy atom. The van der Waals surface area contributed by atoms with Crippen molar-refractivity contribution in [2.24, 2.45) is 5.29 Å². The Bertz CT molecular complexity index is 1300. The summed E-state index contributed by atoms with van der Waals surface area (Å²) in [5, 5.41) is 7.09. The zero-order valence-electron chi connectivity index (χ0n) is 19.6. The van der Waals surface area contributed by atoms with Crippen molar-refractivity contribution in [1.29, 1.82) is 0 Å². The molecule has 1 aromatic heterocycles. The number of ether oxygens (including phenoxy) is 2. The molecule has 36 heavy (non-hydrogen) atoms. The average molecular weight is 515 g/mol. The third kappa shape index (κ3) is 5.93. The first kappa shape index (κ1) is 25.4. The fourth-order valence-electron chi connectivity index (χ4n) is 3.59. The highest BCUT2D eigenvalue weighted by atomic mass is 35.5. The van der Waals surface area contributed by atoms with Gasteiger partial charge in [0.1, 0.15) is 24.0 Å². The van der Waals surface area contributed by atoms with E-state index in [0.717, 1.165) is 11.1 Å². The number of amides is 1. The van der Waals surface area contributed by atoms with E-state index >= 15 is 0 Å². The van der Waals surface area contributed by atoms with Crippen molar-refractivity contribution >= 4 is 45.6 Å². The van der Waals surface area contributed by atoms with Crippen LogP contribution in [0.1, 0.15) is 6.42 Å². The number of aromatic nitrogens is 2. The van der Waals surface area contributed by atoms with Gasteiger partial charge in [0.15, 0.2) is 5.82 Å². The highest BCUT2D eigenvalue weighted by molar-refractivity contribution is 6.31. The lowest BCUT2D eigenvalue weighted by molar-refractivity contribution is -0.111. The van der Waals surface area contributed by atoms with Crippen LogP contribution >= 0.6 is 11.6 Å². The van der Waals surface area contributed by atoms with Crippen LogP contribution in [0.5, 0.6) is 5.75 Å². The van der Waals surface area contributed by atoms with Gasteiger partial charge in [0.2, 0.25) is 5.91 Å². The number of rotatable bonds is 9. The average Bonchev–Trinajstić information content (AvgIpc) is 3.35. The fourth-order valence-corrected chi connectivity index (χ4v) is 3.76. The third-order valence-electron chi connectivity index (χ3n) is 5.32. The second-order valence-corrected chi connectivity index (χ2v) is 8.72. The Balaban J connectivity index is 1.76. The molecule has 1 amide bonds. The van der Waals surface area contributed by atoms with E-state index in [1.54, 1.807) is 18.2 Å². The molecular formula is C24H24ClFN6O4. The number of carbonyl (C=O) groups excluding carboxylic acids is 1. The van der Waals surface area contributed by atoms with E-state index in [9.17, 15) is 14.1 Å². The van der Waals surface area contributed by atoms with Crippen molar-refractivity contribution in [2.45, 2.75) is 12.5 Å². The highest BCUT2D eigenvalue weighted by Gasteiger charge is 2.22. The molecule has 10 nitrogen and oxygen atoms in total. The van der Waals surface area contributed by atoms with E-state index in [2.05, 4.69) is 20.6 Å². The maximum atomic E-state index is 13.7. The Morgan fingerprint density at radius 3 is 2.86 bits per heavy atom. The smallest absolute Gasteiger partial charge is 0.248 e. The topological polar surface area (TPSA) is 109 Å². The molecule has 1 atom stereocenters. The van der Waals surface area contributed by atoms with Crippen molar-refractivity contribution in [2.75, 3.05) is 44.2 Å². The highest BCUT2D eigenvalue weighted by Crippen LogP contribution is 2.37. The van der Waals surface area contributed by atoms with Gasteiger partial charge in [-0.15, -0.1) is 4.91 Å². The number of hydrogen-bond acceptors (Lipinski definition) is 8. The van der Waals surface area contributed by atoms with Crippen LogP contribution in [0.2, 0.25) is 5.02 Å². The van der Waals surface area contributed by atoms with E-state index in [0.29, 0.717) is 48.5 Å². The minimum Gasteiger partial charge on any atom is -0.486 e. The predicted molar refractivity (Wildman–Crippen MR) is 135 cm³/mol. The maximum absolute atomic E-state index is 13.7. The zero-order valence-corrected chi connectivity index (χ0v) is 20.4. The molecule has 1 aliphatic rings. The summed E-state index contributed by atoms with van der Waals surface area (Å²) in [5.41, 5.74) is 1.00. The van der Waals surface area contributed by atoms with Crippen LogP contribution in [-0.4, -0.2) is 60.7 Å². The lowest BCUT2D eigenvalue weighted by Crippen LogP contribution is -2.18. The normalized spacial score (nSPS) is 15.5. The van der Waals surface area contributed by atoms with Gasteiger partial charge in [-0.1, -0.05) is 17.7 Å². The van der Waals surface area contributed by atoms with Crippen molar-refractivity contribution in [3.8, 4) is 5.75 Å². The molecule has 1 saturated heterocycles. The quantitative estimate of drug-likeness (QED) is 0.253. The molecule has 12 heteroatoms. The minimum atomic E-state index is -0.635. The number of nitrogens with zero attached hydrogens (tertiary/aromatic N) is 5.